The van der Waals surface area contributed by atoms with E-state index in [1.807, 2.05) is 39.8 Å². The number of carbonyl (C=O) groups is 1. The summed E-state index contributed by atoms with van der Waals surface area (Å²) in [5, 5.41) is 4.96. The summed E-state index contributed by atoms with van der Waals surface area (Å²) in [6.07, 6.45) is 0. The van der Waals surface area contributed by atoms with Crippen LogP contribution >= 0.6 is 11.6 Å². The van der Waals surface area contributed by atoms with Crippen molar-refractivity contribution < 1.29 is 4.79 Å². The van der Waals surface area contributed by atoms with Gasteiger partial charge in [0.05, 0.1) is 5.69 Å². The monoisotopic (exact) mass is 347 g/mol. The molecule has 5 nitrogen and oxygen atoms in total. The van der Waals surface area contributed by atoms with Gasteiger partial charge in [0, 0.05) is 28.7 Å². The van der Waals surface area contributed by atoms with Gasteiger partial charge in [-0.1, -0.05) is 23.7 Å². The number of amides is 1. The van der Waals surface area contributed by atoms with E-state index in [4.69, 9.17) is 11.6 Å². The third-order valence-corrected chi connectivity index (χ3v) is 3.94. The smallest absolute Gasteiger partial charge is 0.267 e. The second-order valence-electron chi connectivity index (χ2n) is 6.21. The minimum atomic E-state index is -0.298. The lowest BCUT2D eigenvalue weighted by molar-refractivity contribution is -0.135. The normalized spacial score (nSPS) is 11.1. The number of rotatable bonds is 5. The molecule has 0 atom stereocenters. The zero-order valence-corrected chi connectivity index (χ0v) is 15.1. The summed E-state index contributed by atoms with van der Waals surface area (Å²) in [5.41, 5.74) is 1.17. The molecular formula is C18H22ClN3O2. The van der Waals surface area contributed by atoms with Crippen molar-refractivity contribution in [2.75, 3.05) is 0 Å². The maximum atomic E-state index is 12.5. The molecule has 6 heteroatoms. The summed E-state index contributed by atoms with van der Waals surface area (Å²) in [4.78, 5) is 26.4. The van der Waals surface area contributed by atoms with Crippen molar-refractivity contribution in [3.63, 3.8) is 0 Å². The van der Waals surface area contributed by atoms with Crippen molar-refractivity contribution >= 4 is 17.5 Å². The average Bonchev–Trinajstić information content (AvgIpc) is 2.49. The Hall–Kier alpha value is -2.14. The van der Waals surface area contributed by atoms with Crippen molar-refractivity contribution in [2.45, 2.75) is 46.3 Å². The molecule has 1 heterocycles. The van der Waals surface area contributed by atoms with E-state index < -0.39 is 0 Å². The van der Waals surface area contributed by atoms with Crippen molar-refractivity contribution in [2.24, 2.45) is 0 Å². The van der Waals surface area contributed by atoms with Gasteiger partial charge in [0.2, 0.25) is 5.91 Å². The average molecular weight is 348 g/mol. The fourth-order valence-corrected chi connectivity index (χ4v) is 2.84. The molecule has 2 rings (SSSR count). The molecule has 1 aromatic carbocycles. The number of carbonyl (C=O) groups excluding carboxylic acids is 1. The summed E-state index contributed by atoms with van der Waals surface area (Å²) in [6, 6.07) is 10.4. The summed E-state index contributed by atoms with van der Waals surface area (Å²) < 4.78 is 1.21. The second kappa shape index (κ2) is 7.62. The Morgan fingerprint density at radius 3 is 2.21 bits per heavy atom. The topological polar surface area (TPSA) is 55.2 Å². The molecule has 2 aromatic rings. The summed E-state index contributed by atoms with van der Waals surface area (Å²) >= 11 is 5.89. The SMILES string of the molecule is CC(C)N(C(=O)Cn1nc(-c2ccc(Cl)cc2)ccc1=O)C(C)C. The van der Waals surface area contributed by atoms with Crippen LogP contribution in [0.2, 0.25) is 5.02 Å². The molecule has 0 aliphatic heterocycles. The fraction of sp³-hybridized carbons (Fsp3) is 0.389. The Morgan fingerprint density at radius 2 is 1.67 bits per heavy atom. The second-order valence-corrected chi connectivity index (χ2v) is 6.65. The zero-order valence-electron chi connectivity index (χ0n) is 14.4. The lowest BCUT2D eigenvalue weighted by atomic mass is 10.1. The van der Waals surface area contributed by atoms with Gasteiger partial charge in [0.25, 0.3) is 5.56 Å². The van der Waals surface area contributed by atoms with E-state index in [-0.39, 0.29) is 30.1 Å². The third-order valence-electron chi connectivity index (χ3n) is 3.69. The largest absolute Gasteiger partial charge is 0.336 e. The molecule has 0 saturated heterocycles. The first-order chi connectivity index (χ1) is 11.3. The highest BCUT2D eigenvalue weighted by Gasteiger charge is 2.21. The number of aromatic nitrogens is 2. The standard InChI is InChI=1S/C18H22ClN3O2/c1-12(2)22(13(3)4)18(24)11-21-17(23)10-9-16(20-21)14-5-7-15(19)8-6-14/h5-10,12-13H,11H2,1-4H3. The van der Waals surface area contributed by atoms with Crippen molar-refractivity contribution in [3.05, 3.63) is 51.8 Å². The highest BCUT2D eigenvalue weighted by atomic mass is 35.5. The minimum Gasteiger partial charge on any atom is -0.336 e. The molecule has 1 amide bonds. The van der Waals surface area contributed by atoms with Crippen LogP contribution in [0.5, 0.6) is 0 Å². The first kappa shape index (κ1) is 18.2. The highest BCUT2D eigenvalue weighted by Crippen LogP contribution is 2.18. The molecule has 128 valence electrons. The van der Waals surface area contributed by atoms with Crippen LogP contribution in [0.15, 0.2) is 41.2 Å². The molecule has 24 heavy (non-hydrogen) atoms. The Balaban J connectivity index is 2.30. The molecular weight excluding hydrogens is 326 g/mol. The van der Waals surface area contributed by atoms with Gasteiger partial charge in [0.1, 0.15) is 6.54 Å². The maximum absolute atomic E-state index is 12.5. The highest BCUT2D eigenvalue weighted by molar-refractivity contribution is 6.30. The molecule has 0 aliphatic carbocycles. The van der Waals surface area contributed by atoms with E-state index in [9.17, 15) is 9.59 Å². The molecule has 0 aliphatic rings. The molecule has 0 radical (unpaired) electrons. The molecule has 0 unspecified atom stereocenters. The number of benzene rings is 1. The van der Waals surface area contributed by atoms with Gasteiger partial charge in [-0.15, -0.1) is 0 Å². The molecule has 0 bridgehead atoms. The van der Waals surface area contributed by atoms with Gasteiger partial charge < -0.3 is 4.90 Å². The van der Waals surface area contributed by atoms with Gasteiger partial charge >= 0.3 is 0 Å². The van der Waals surface area contributed by atoms with E-state index in [0.717, 1.165) is 5.56 Å². The Labute approximate surface area is 146 Å². The number of hydrogen-bond donors (Lipinski definition) is 0. The summed E-state index contributed by atoms with van der Waals surface area (Å²) in [7, 11) is 0. The number of nitrogens with zero attached hydrogens (tertiary/aromatic N) is 3. The number of halogens is 1. The Morgan fingerprint density at radius 1 is 1.08 bits per heavy atom. The first-order valence-electron chi connectivity index (χ1n) is 7.95. The molecule has 0 saturated carbocycles. The lowest BCUT2D eigenvalue weighted by Crippen LogP contribution is -2.45. The van der Waals surface area contributed by atoms with Gasteiger partial charge in [-0.3, -0.25) is 9.59 Å². The van der Waals surface area contributed by atoms with Crippen LogP contribution in [0.4, 0.5) is 0 Å². The predicted molar refractivity (Wildman–Crippen MR) is 96.1 cm³/mol. The Bertz CT molecular complexity index is 759. The lowest BCUT2D eigenvalue weighted by Gasteiger charge is -2.30. The van der Waals surface area contributed by atoms with Crippen LogP contribution in [0, 0.1) is 0 Å². The van der Waals surface area contributed by atoms with Gasteiger partial charge in [0.15, 0.2) is 0 Å². The fourth-order valence-electron chi connectivity index (χ4n) is 2.72. The van der Waals surface area contributed by atoms with Crippen molar-refractivity contribution in [3.8, 4) is 11.3 Å². The van der Waals surface area contributed by atoms with Crippen LogP contribution in [-0.4, -0.2) is 32.7 Å². The van der Waals surface area contributed by atoms with Crippen LogP contribution in [0.25, 0.3) is 11.3 Å². The zero-order chi connectivity index (χ0) is 17.9. The molecule has 0 spiro atoms. The van der Waals surface area contributed by atoms with Gasteiger partial charge in [-0.25, -0.2) is 4.68 Å². The predicted octanol–water partition coefficient (Wildman–Crippen LogP) is 3.21. The quantitative estimate of drug-likeness (QED) is 0.834. The Kier molecular flexibility index (Phi) is 5.78. The molecule has 1 aromatic heterocycles. The van der Waals surface area contributed by atoms with E-state index >= 15 is 0 Å². The van der Waals surface area contributed by atoms with Crippen LogP contribution in [0.3, 0.4) is 0 Å². The maximum Gasteiger partial charge on any atom is 0.267 e. The van der Waals surface area contributed by atoms with Crippen molar-refractivity contribution in [1.82, 2.24) is 14.7 Å². The third kappa shape index (κ3) is 4.23. The first-order valence-corrected chi connectivity index (χ1v) is 8.32. The molecule has 0 fully saturated rings. The van der Waals surface area contributed by atoms with E-state index in [0.29, 0.717) is 10.7 Å². The minimum absolute atomic E-state index is 0.0626. The van der Waals surface area contributed by atoms with Crippen LogP contribution in [0.1, 0.15) is 27.7 Å². The van der Waals surface area contributed by atoms with E-state index in [1.165, 1.54) is 10.7 Å². The summed E-state index contributed by atoms with van der Waals surface area (Å²) in [5.74, 6) is -0.122. The van der Waals surface area contributed by atoms with E-state index in [1.54, 1.807) is 23.1 Å². The number of hydrogen-bond acceptors (Lipinski definition) is 3. The van der Waals surface area contributed by atoms with Gasteiger partial charge in [-0.05, 0) is 45.9 Å². The van der Waals surface area contributed by atoms with Crippen LogP contribution < -0.4 is 5.56 Å². The summed E-state index contributed by atoms with van der Waals surface area (Å²) in [6.45, 7) is 7.75. The van der Waals surface area contributed by atoms with Crippen LogP contribution in [-0.2, 0) is 11.3 Å². The van der Waals surface area contributed by atoms with E-state index in [2.05, 4.69) is 5.10 Å². The molecule has 0 N–H and O–H groups in total. The van der Waals surface area contributed by atoms with Crippen molar-refractivity contribution in [1.29, 1.82) is 0 Å². The van der Waals surface area contributed by atoms with Gasteiger partial charge in [-0.2, -0.15) is 5.10 Å².